The molecule has 1 unspecified atom stereocenters. The van der Waals surface area contributed by atoms with Crippen LogP contribution in [-0.2, 0) is 0 Å². The molecule has 124 valence electrons. The van der Waals surface area contributed by atoms with Gasteiger partial charge in [-0.25, -0.2) is 0 Å². The third kappa shape index (κ3) is 4.79. The summed E-state index contributed by atoms with van der Waals surface area (Å²) in [5, 5.41) is 2.80. The van der Waals surface area contributed by atoms with Crippen LogP contribution in [0.15, 0.2) is 47.1 Å². The molecule has 0 saturated carbocycles. The van der Waals surface area contributed by atoms with Gasteiger partial charge in [-0.15, -0.1) is 0 Å². The van der Waals surface area contributed by atoms with Gasteiger partial charge in [0.25, 0.3) is 5.91 Å². The molecule has 0 spiro atoms. The van der Waals surface area contributed by atoms with Gasteiger partial charge in [-0.2, -0.15) is 8.78 Å². The van der Waals surface area contributed by atoms with E-state index in [0.717, 1.165) is 5.76 Å². The minimum atomic E-state index is -2.89. The number of halogens is 2. The molecule has 0 aliphatic rings. The van der Waals surface area contributed by atoms with E-state index in [1.807, 2.05) is 25.1 Å². The number of hydrogen-bond donors (Lipinski definition) is 1. The minimum absolute atomic E-state index is 0.0123. The average Bonchev–Trinajstić information content (AvgIpc) is 3.01. The Morgan fingerprint density at radius 1 is 1.26 bits per heavy atom. The summed E-state index contributed by atoms with van der Waals surface area (Å²) in [7, 11) is 3.77. The van der Waals surface area contributed by atoms with Crippen molar-refractivity contribution in [2.75, 3.05) is 20.6 Å². The van der Waals surface area contributed by atoms with Crippen molar-refractivity contribution < 1.29 is 22.7 Å². The minimum Gasteiger partial charge on any atom is -0.468 e. The molecule has 0 fully saturated rings. The summed E-state index contributed by atoms with van der Waals surface area (Å²) >= 11 is 0. The molecule has 7 heteroatoms. The first-order valence-electron chi connectivity index (χ1n) is 7.00. The molecule has 5 nitrogen and oxygen atoms in total. The van der Waals surface area contributed by atoms with Crippen molar-refractivity contribution >= 4 is 5.91 Å². The normalized spacial score (nSPS) is 12.4. The SMILES string of the molecule is CN(C)C(CNC(=O)c1ccc(OC(F)F)cc1)c1ccco1. The highest BCUT2D eigenvalue weighted by molar-refractivity contribution is 5.94. The van der Waals surface area contributed by atoms with Crippen LogP contribution in [0.1, 0.15) is 22.2 Å². The molecule has 2 rings (SSSR count). The molecule has 0 aliphatic carbocycles. The Bertz CT molecular complexity index is 613. The predicted octanol–water partition coefficient (Wildman–Crippen LogP) is 2.91. The average molecular weight is 324 g/mol. The van der Waals surface area contributed by atoms with E-state index < -0.39 is 6.61 Å². The Morgan fingerprint density at radius 2 is 1.96 bits per heavy atom. The lowest BCUT2D eigenvalue weighted by Crippen LogP contribution is -2.34. The maximum atomic E-state index is 12.1. The van der Waals surface area contributed by atoms with E-state index in [0.29, 0.717) is 12.1 Å². The van der Waals surface area contributed by atoms with Crippen molar-refractivity contribution in [2.24, 2.45) is 0 Å². The highest BCUT2D eigenvalue weighted by Gasteiger charge is 2.18. The number of ether oxygens (including phenoxy) is 1. The summed E-state index contributed by atoms with van der Waals surface area (Å²) in [5.74, 6) is 0.460. The summed E-state index contributed by atoms with van der Waals surface area (Å²) in [5.41, 5.74) is 0.364. The molecule has 23 heavy (non-hydrogen) atoms. The smallest absolute Gasteiger partial charge is 0.387 e. The molecule has 0 saturated heterocycles. The molecule has 1 amide bonds. The number of carbonyl (C=O) groups excluding carboxylic acids is 1. The number of nitrogens with one attached hydrogen (secondary N) is 1. The molecule has 0 radical (unpaired) electrons. The zero-order valence-electron chi connectivity index (χ0n) is 12.8. The van der Waals surface area contributed by atoms with Crippen LogP contribution >= 0.6 is 0 Å². The number of benzene rings is 1. The standard InChI is InChI=1S/C16H18F2N2O3/c1-20(2)13(14-4-3-9-22-14)10-19-15(21)11-5-7-12(8-6-11)23-16(17)18/h3-9,13,16H,10H2,1-2H3,(H,19,21). The molecule has 2 aromatic rings. The van der Waals surface area contributed by atoms with Crippen LogP contribution in [0.5, 0.6) is 5.75 Å². The number of hydrogen-bond acceptors (Lipinski definition) is 4. The first-order valence-corrected chi connectivity index (χ1v) is 7.00. The van der Waals surface area contributed by atoms with Crippen LogP contribution in [0, 0.1) is 0 Å². The van der Waals surface area contributed by atoms with E-state index in [2.05, 4.69) is 10.1 Å². The topological polar surface area (TPSA) is 54.7 Å². The van der Waals surface area contributed by atoms with Crippen LogP contribution in [0.4, 0.5) is 8.78 Å². The Kier molecular flexibility index (Phi) is 5.70. The Labute approximate surface area is 132 Å². The maximum absolute atomic E-state index is 12.1. The number of alkyl halides is 2. The second-order valence-corrected chi connectivity index (χ2v) is 5.11. The zero-order chi connectivity index (χ0) is 16.8. The van der Waals surface area contributed by atoms with Crippen molar-refractivity contribution in [3.8, 4) is 5.75 Å². The predicted molar refractivity (Wildman–Crippen MR) is 80.5 cm³/mol. The molecule has 1 N–H and O–H groups in total. The van der Waals surface area contributed by atoms with Gasteiger partial charge in [-0.3, -0.25) is 9.69 Å². The third-order valence-electron chi connectivity index (χ3n) is 3.29. The number of nitrogens with zero attached hydrogens (tertiary/aromatic N) is 1. The van der Waals surface area contributed by atoms with Gasteiger partial charge in [0.15, 0.2) is 0 Å². The van der Waals surface area contributed by atoms with E-state index in [9.17, 15) is 13.6 Å². The van der Waals surface area contributed by atoms with E-state index in [1.165, 1.54) is 24.3 Å². The number of carbonyl (C=O) groups is 1. The van der Waals surface area contributed by atoms with Crippen molar-refractivity contribution in [3.05, 3.63) is 54.0 Å². The first-order chi connectivity index (χ1) is 11.0. The number of amides is 1. The summed E-state index contributed by atoms with van der Waals surface area (Å²) in [6, 6.07) is 9.06. The lowest BCUT2D eigenvalue weighted by Gasteiger charge is -2.22. The van der Waals surface area contributed by atoms with Gasteiger partial charge in [-0.05, 0) is 50.5 Å². The van der Waals surface area contributed by atoms with Crippen LogP contribution < -0.4 is 10.1 Å². The van der Waals surface area contributed by atoms with E-state index in [-0.39, 0.29) is 17.7 Å². The third-order valence-corrected chi connectivity index (χ3v) is 3.29. The number of rotatable bonds is 7. The van der Waals surface area contributed by atoms with Gasteiger partial charge >= 0.3 is 6.61 Å². The fraction of sp³-hybridized carbons (Fsp3) is 0.312. The summed E-state index contributed by atoms with van der Waals surface area (Å²) in [4.78, 5) is 14.1. The molecular weight excluding hydrogens is 306 g/mol. The zero-order valence-corrected chi connectivity index (χ0v) is 12.8. The van der Waals surface area contributed by atoms with Crippen molar-refractivity contribution in [1.82, 2.24) is 10.2 Å². The van der Waals surface area contributed by atoms with E-state index in [1.54, 1.807) is 12.3 Å². The van der Waals surface area contributed by atoms with E-state index in [4.69, 9.17) is 4.42 Å². The van der Waals surface area contributed by atoms with Gasteiger partial charge in [-0.1, -0.05) is 0 Å². The molecule has 1 atom stereocenters. The van der Waals surface area contributed by atoms with Crippen LogP contribution in [-0.4, -0.2) is 38.1 Å². The Hall–Kier alpha value is -2.41. The second-order valence-electron chi connectivity index (χ2n) is 5.11. The molecule has 1 aromatic carbocycles. The summed E-state index contributed by atoms with van der Waals surface area (Å²) in [6.07, 6.45) is 1.58. The molecule has 0 aliphatic heterocycles. The van der Waals surface area contributed by atoms with Crippen LogP contribution in [0.25, 0.3) is 0 Å². The van der Waals surface area contributed by atoms with Gasteiger partial charge in [0.05, 0.1) is 12.3 Å². The van der Waals surface area contributed by atoms with Gasteiger partial charge < -0.3 is 14.5 Å². The highest BCUT2D eigenvalue weighted by atomic mass is 19.3. The maximum Gasteiger partial charge on any atom is 0.387 e. The van der Waals surface area contributed by atoms with Crippen LogP contribution in [0.2, 0.25) is 0 Å². The number of furan rings is 1. The van der Waals surface area contributed by atoms with Gasteiger partial charge in [0.1, 0.15) is 11.5 Å². The quantitative estimate of drug-likeness (QED) is 0.851. The molecular formula is C16H18F2N2O3. The number of likely N-dealkylation sites (N-methyl/N-ethyl adjacent to an activating group) is 1. The Balaban J connectivity index is 1.95. The van der Waals surface area contributed by atoms with Gasteiger partial charge in [0, 0.05) is 12.1 Å². The Morgan fingerprint density at radius 3 is 2.48 bits per heavy atom. The molecule has 1 heterocycles. The fourth-order valence-electron chi connectivity index (χ4n) is 2.10. The largest absolute Gasteiger partial charge is 0.468 e. The second kappa shape index (κ2) is 7.73. The van der Waals surface area contributed by atoms with Crippen molar-refractivity contribution in [3.63, 3.8) is 0 Å². The fourth-order valence-corrected chi connectivity index (χ4v) is 2.10. The lowest BCUT2D eigenvalue weighted by molar-refractivity contribution is -0.0498. The highest BCUT2D eigenvalue weighted by Crippen LogP contribution is 2.18. The lowest BCUT2D eigenvalue weighted by atomic mass is 10.1. The van der Waals surface area contributed by atoms with Crippen molar-refractivity contribution in [1.29, 1.82) is 0 Å². The van der Waals surface area contributed by atoms with E-state index >= 15 is 0 Å². The monoisotopic (exact) mass is 324 g/mol. The van der Waals surface area contributed by atoms with Gasteiger partial charge in [0.2, 0.25) is 0 Å². The summed E-state index contributed by atoms with van der Waals surface area (Å²) < 4.78 is 33.8. The molecule has 0 bridgehead atoms. The van der Waals surface area contributed by atoms with Crippen LogP contribution in [0.3, 0.4) is 0 Å². The summed E-state index contributed by atoms with van der Waals surface area (Å²) in [6.45, 7) is -2.53. The van der Waals surface area contributed by atoms with Crippen molar-refractivity contribution in [2.45, 2.75) is 12.7 Å². The first kappa shape index (κ1) is 17.0. The molecule has 1 aromatic heterocycles.